The van der Waals surface area contributed by atoms with Crippen LogP contribution in [0.3, 0.4) is 0 Å². The van der Waals surface area contributed by atoms with Gasteiger partial charge in [0, 0.05) is 17.6 Å². The Balaban J connectivity index is 2.31. The molecule has 1 rings (SSSR count). The highest BCUT2D eigenvalue weighted by Crippen LogP contribution is 2.23. The lowest BCUT2D eigenvalue weighted by Gasteiger charge is -2.26. The number of amides is 1. The van der Waals surface area contributed by atoms with Crippen LogP contribution in [0.15, 0.2) is 11.1 Å². The highest BCUT2D eigenvalue weighted by Gasteiger charge is 2.27. The molecule has 4 heteroatoms. The minimum Gasteiger partial charge on any atom is -0.354 e. The Morgan fingerprint density at radius 3 is 2.53 bits per heavy atom. The lowest BCUT2D eigenvalue weighted by molar-refractivity contribution is -0.126. The van der Waals surface area contributed by atoms with Gasteiger partial charge in [0.25, 0.3) is 0 Å². The largest absolute Gasteiger partial charge is 0.354 e. The molecule has 0 heterocycles. The van der Waals surface area contributed by atoms with E-state index in [1.165, 1.54) is 25.7 Å². The second kappa shape index (κ2) is 6.55. The summed E-state index contributed by atoms with van der Waals surface area (Å²) in [7, 11) is 0. The number of nitrogens with one attached hydrogen (secondary N) is 2. The van der Waals surface area contributed by atoms with Crippen molar-refractivity contribution in [2.24, 2.45) is 5.92 Å². The lowest BCUT2D eigenvalue weighted by Crippen LogP contribution is -2.53. The molecular formula is C13H23BrN2O. The molecule has 0 bridgehead atoms. The predicted octanol–water partition coefficient (Wildman–Crippen LogP) is 2.57. The molecule has 3 nitrogen and oxygen atoms in total. The Bertz CT molecular complexity index is 283. The first-order valence-electron chi connectivity index (χ1n) is 6.28. The van der Waals surface area contributed by atoms with Crippen molar-refractivity contribution >= 4 is 21.8 Å². The second-order valence-electron chi connectivity index (χ2n) is 5.36. The number of hydrogen-bond acceptors (Lipinski definition) is 2. The average Bonchev–Trinajstić information content (AvgIpc) is 2.76. The van der Waals surface area contributed by atoms with E-state index in [0.717, 1.165) is 11.0 Å². The van der Waals surface area contributed by atoms with Gasteiger partial charge in [-0.15, -0.1) is 0 Å². The summed E-state index contributed by atoms with van der Waals surface area (Å²) >= 11 is 3.28. The van der Waals surface area contributed by atoms with Crippen LogP contribution in [0.2, 0.25) is 0 Å². The van der Waals surface area contributed by atoms with Gasteiger partial charge in [-0.3, -0.25) is 10.1 Å². The maximum Gasteiger partial charge on any atom is 0.239 e. The number of carbonyl (C=O) groups is 1. The zero-order chi connectivity index (χ0) is 12.9. The van der Waals surface area contributed by atoms with E-state index in [1.807, 2.05) is 13.8 Å². The predicted molar refractivity (Wildman–Crippen MR) is 75.1 cm³/mol. The SMILES string of the molecule is C=C(Br)CNC(C)(C)C(=O)NCC1CCCC1. The third-order valence-electron chi connectivity index (χ3n) is 3.32. The quantitative estimate of drug-likeness (QED) is 0.792. The van der Waals surface area contributed by atoms with E-state index in [2.05, 4.69) is 33.1 Å². The number of halogens is 1. The average molecular weight is 303 g/mol. The van der Waals surface area contributed by atoms with Crippen LogP contribution in [0.25, 0.3) is 0 Å². The van der Waals surface area contributed by atoms with E-state index in [0.29, 0.717) is 12.5 Å². The summed E-state index contributed by atoms with van der Waals surface area (Å²) in [5.74, 6) is 0.749. The molecule has 98 valence electrons. The highest BCUT2D eigenvalue weighted by atomic mass is 79.9. The van der Waals surface area contributed by atoms with Crippen molar-refractivity contribution in [3.8, 4) is 0 Å². The molecule has 0 aromatic heterocycles. The van der Waals surface area contributed by atoms with Crippen molar-refractivity contribution in [1.82, 2.24) is 10.6 Å². The minimum absolute atomic E-state index is 0.0677. The van der Waals surface area contributed by atoms with Crippen molar-refractivity contribution in [3.05, 3.63) is 11.1 Å². The van der Waals surface area contributed by atoms with E-state index in [1.54, 1.807) is 0 Å². The Labute approximate surface area is 113 Å². The van der Waals surface area contributed by atoms with Crippen LogP contribution >= 0.6 is 15.9 Å². The van der Waals surface area contributed by atoms with Crippen LogP contribution in [-0.2, 0) is 4.79 Å². The topological polar surface area (TPSA) is 41.1 Å². The molecule has 1 fully saturated rings. The van der Waals surface area contributed by atoms with Crippen molar-refractivity contribution in [2.75, 3.05) is 13.1 Å². The normalized spacial score (nSPS) is 17.1. The molecular weight excluding hydrogens is 280 g/mol. The fourth-order valence-electron chi connectivity index (χ4n) is 2.07. The summed E-state index contributed by atoms with van der Waals surface area (Å²) < 4.78 is 0.856. The Kier molecular flexibility index (Phi) is 5.67. The van der Waals surface area contributed by atoms with Gasteiger partial charge in [0.05, 0.1) is 5.54 Å². The number of carbonyl (C=O) groups excluding carboxylic acids is 1. The van der Waals surface area contributed by atoms with Gasteiger partial charge in [-0.25, -0.2) is 0 Å². The van der Waals surface area contributed by atoms with Crippen LogP contribution in [0.1, 0.15) is 39.5 Å². The van der Waals surface area contributed by atoms with E-state index in [-0.39, 0.29) is 5.91 Å². The molecule has 2 N–H and O–H groups in total. The van der Waals surface area contributed by atoms with Crippen molar-refractivity contribution < 1.29 is 4.79 Å². The summed E-state index contributed by atoms with van der Waals surface area (Å²) in [5, 5.41) is 6.22. The number of hydrogen-bond donors (Lipinski definition) is 2. The number of rotatable bonds is 6. The standard InChI is InChI=1S/C13H23BrN2O/c1-10(14)8-16-13(2,3)12(17)15-9-11-6-4-5-7-11/h11,16H,1,4-9H2,2-3H3,(H,15,17). The van der Waals surface area contributed by atoms with Gasteiger partial charge in [0.1, 0.15) is 0 Å². The van der Waals surface area contributed by atoms with Crippen LogP contribution < -0.4 is 10.6 Å². The summed E-state index contributed by atoms with van der Waals surface area (Å²) in [6.45, 7) is 8.96. The van der Waals surface area contributed by atoms with Crippen LogP contribution in [0.5, 0.6) is 0 Å². The van der Waals surface area contributed by atoms with E-state index in [4.69, 9.17) is 0 Å². The first-order valence-corrected chi connectivity index (χ1v) is 7.08. The molecule has 0 aromatic rings. The van der Waals surface area contributed by atoms with Crippen LogP contribution in [0, 0.1) is 5.92 Å². The molecule has 0 aromatic carbocycles. The lowest BCUT2D eigenvalue weighted by atomic mass is 10.0. The molecule has 1 saturated carbocycles. The third kappa shape index (κ3) is 5.21. The van der Waals surface area contributed by atoms with Crippen molar-refractivity contribution in [2.45, 2.75) is 45.1 Å². The molecule has 0 aliphatic heterocycles. The maximum atomic E-state index is 12.0. The van der Waals surface area contributed by atoms with E-state index >= 15 is 0 Å². The molecule has 0 unspecified atom stereocenters. The molecule has 0 atom stereocenters. The Hall–Kier alpha value is -0.350. The fourth-order valence-corrected chi connectivity index (χ4v) is 2.21. The molecule has 0 saturated heterocycles. The zero-order valence-corrected chi connectivity index (χ0v) is 12.4. The van der Waals surface area contributed by atoms with Crippen molar-refractivity contribution in [3.63, 3.8) is 0 Å². The first-order chi connectivity index (χ1) is 7.92. The van der Waals surface area contributed by atoms with Gasteiger partial charge < -0.3 is 5.32 Å². The summed E-state index contributed by atoms with van der Waals surface area (Å²) in [6, 6.07) is 0. The summed E-state index contributed by atoms with van der Waals surface area (Å²) in [6.07, 6.45) is 5.13. The molecule has 17 heavy (non-hydrogen) atoms. The van der Waals surface area contributed by atoms with E-state index in [9.17, 15) is 4.79 Å². The van der Waals surface area contributed by atoms with Gasteiger partial charge in [-0.05, 0) is 32.6 Å². The Morgan fingerprint density at radius 1 is 1.41 bits per heavy atom. The minimum atomic E-state index is -0.546. The highest BCUT2D eigenvalue weighted by molar-refractivity contribution is 9.11. The van der Waals surface area contributed by atoms with Gasteiger partial charge >= 0.3 is 0 Å². The first kappa shape index (κ1) is 14.7. The monoisotopic (exact) mass is 302 g/mol. The molecule has 1 amide bonds. The summed E-state index contributed by atoms with van der Waals surface area (Å²) in [4.78, 5) is 12.0. The van der Waals surface area contributed by atoms with Gasteiger partial charge in [-0.2, -0.15) is 0 Å². The van der Waals surface area contributed by atoms with Crippen LogP contribution in [-0.4, -0.2) is 24.5 Å². The molecule has 0 radical (unpaired) electrons. The van der Waals surface area contributed by atoms with Crippen molar-refractivity contribution in [1.29, 1.82) is 0 Å². The second-order valence-corrected chi connectivity index (χ2v) is 6.48. The maximum absolute atomic E-state index is 12.0. The Morgan fingerprint density at radius 2 is 2.00 bits per heavy atom. The third-order valence-corrected chi connectivity index (χ3v) is 3.60. The zero-order valence-electron chi connectivity index (χ0n) is 10.8. The van der Waals surface area contributed by atoms with Crippen LogP contribution in [0.4, 0.5) is 0 Å². The summed E-state index contributed by atoms with van der Waals surface area (Å²) in [5.41, 5.74) is -0.546. The van der Waals surface area contributed by atoms with Gasteiger partial charge in [0.15, 0.2) is 0 Å². The smallest absolute Gasteiger partial charge is 0.239 e. The molecule has 1 aliphatic carbocycles. The molecule has 0 spiro atoms. The molecule has 1 aliphatic rings. The van der Waals surface area contributed by atoms with Gasteiger partial charge in [-0.1, -0.05) is 35.4 Å². The van der Waals surface area contributed by atoms with E-state index < -0.39 is 5.54 Å². The fraction of sp³-hybridized carbons (Fsp3) is 0.769. The van der Waals surface area contributed by atoms with Gasteiger partial charge in [0.2, 0.25) is 5.91 Å².